The zero-order valence-electron chi connectivity index (χ0n) is 21.4. The molecule has 196 valence electrons. The average molecular weight is 519 g/mol. The largest absolute Gasteiger partial charge is 0.354 e. The van der Waals surface area contributed by atoms with Crippen LogP contribution >= 0.6 is 0 Å². The van der Waals surface area contributed by atoms with Crippen LogP contribution in [0.15, 0.2) is 42.5 Å². The first-order valence-electron chi connectivity index (χ1n) is 11.7. The van der Waals surface area contributed by atoms with Crippen LogP contribution in [0.2, 0.25) is 0 Å². The SMILES string of the molecule is CCCNC(=O)[C@H](CC)N(Cc1ccccc1C)C(=O)CN(c1cc([N+](=O)[O-])ccc1C)S(C)(=O)=O. The Morgan fingerprint density at radius 3 is 2.31 bits per heavy atom. The molecule has 2 aromatic rings. The predicted octanol–water partition coefficient (Wildman–Crippen LogP) is 3.31. The van der Waals surface area contributed by atoms with Gasteiger partial charge in [0.2, 0.25) is 21.8 Å². The van der Waals surface area contributed by atoms with E-state index in [9.17, 15) is 28.1 Å². The van der Waals surface area contributed by atoms with E-state index in [1.807, 2.05) is 38.1 Å². The highest BCUT2D eigenvalue weighted by Crippen LogP contribution is 2.28. The van der Waals surface area contributed by atoms with Gasteiger partial charge in [-0.25, -0.2) is 8.42 Å². The number of benzene rings is 2. The van der Waals surface area contributed by atoms with Gasteiger partial charge >= 0.3 is 0 Å². The van der Waals surface area contributed by atoms with E-state index in [1.54, 1.807) is 13.8 Å². The minimum Gasteiger partial charge on any atom is -0.354 e. The molecule has 0 spiro atoms. The molecule has 10 nitrogen and oxygen atoms in total. The fraction of sp³-hybridized carbons (Fsp3) is 0.440. The normalized spacial score (nSPS) is 12.0. The van der Waals surface area contributed by atoms with Crippen molar-refractivity contribution < 1.29 is 22.9 Å². The zero-order chi connectivity index (χ0) is 27.0. The highest BCUT2D eigenvalue weighted by atomic mass is 32.2. The Bertz CT molecular complexity index is 1210. The smallest absolute Gasteiger partial charge is 0.271 e. The summed E-state index contributed by atoms with van der Waals surface area (Å²) in [5, 5.41) is 14.1. The summed E-state index contributed by atoms with van der Waals surface area (Å²) < 4.78 is 26.4. The van der Waals surface area contributed by atoms with Gasteiger partial charge in [-0.15, -0.1) is 0 Å². The van der Waals surface area contributed by atoms with Gasteiger partial charge in [0, 0.05) is 25.2 Å². The average Bonchev–Trinajstić information content (AvgIpc) is 2.81. The third kappa shape index (κ3) is 7.27. The number of hydrogen-bond acceptors (Lipinski definition) is 6. The lowest BCUT2D eigenvalue weighted by molar-refractivity contribution is -0.384. The first-order valence-corrected chi connectivity index (χ1v) is 13.6. The monoisotopic (exact) mass is 518 g/mol. The molecule has 0 bridgehead atoms. The van der Waals surface area contributed by atoms with Crippen LogP contribution in [-0.4, -0.2) is 55.4 Å². The van der Waals surface area contributed by atoms with Crippen LogP contribution in [0, 0.1) is 24.0 Å². The summed E-state index contributed by atoms with van der Waals surface area (Å²) in [6.45, 7) is 7.16. The number of nitro groups is 1. The van der Waals surface area contributed by atoms with Gasteiger partial charge in [0.25, 0.3) is 5.69 Å². The van der Waals surface area contributed by atoms with E-state index in [1.165, 1.54) is 17.0 Å². The van der Waals surface area contributed by atoms with Crippen molar-refractivity contribution in [3.05, 3.63) is 69.3 Å². The number of sulfonamides is 1. The third-order valence-corrected chi connectivity index (χ3v) is 7.01. The number of nitro benzene ring substituents is 1. The number of rotatable bonds is 12. The summed E-state index contributed by atoms with van der Waals surface area (Å²) in [5.41, 5.74) is 1.95. The first kappa shape index (κ1) is 28.8. The van der Waals surface area contributed by atoms with Crippen LogP contribution in [-0.2, 0) is 26.2 Å². The molecule has 36 heavy (non-hydrogen) atoms. The maximum atomic E-state index is 13.7. The summed E-state index contributed by atoms with van der Waals surface area (Å²) in [6, 6.07) is 10.5. The number of non-ortho nitro benzene ring substituents is 1. The van der Waals surface area contributed by atoms with Gasteiger partial charge in [-0.1, -0.05) is 44.2 Å². The number of amides is 2. The van der Waals surface area contributed by atoms with E-state index in [-0.39, 0.29) is 23.8 Å². The second-order valence-electron chi connectivity index (χ2n) is 8.66. The minimum atomic E-state index is -4.00. The maximum Gasteiger partial charge on any atom is 0.271 e. The Labute approximate surface area is 212 Å². The zero-order valence-corrected chi connectivity index (χ0v) is 22.2. The second-order valence-corrected chi connectivity index (χ2v) is 10.6. The fourth-order valence-corrected chi connectivity index (χ4v) is 4.73. The topological polar surface area (TPSA) is 130 Å². The van der Waals surface area contributed by atoms with Gasteiger partial charge in [0.1, 0.15) is 12.6 Å². The van der Waals surface area contributed by atoms with Crippen molar-refractivity contribution in [3.8, 4) is 0 Å². The first-order chi connectivity index (χ1) is 16.9. The van der Waals surface area contributed by atoms with Gasteiger partial charge in [-0.2, -0.15) is 0 Å². The molecule has 0 unspecified atom stereocenters. The van der Waals surface area contributed by atoms with Gasteiger partial charge < -0.3 is 10.2 Å². The summed E-state index contributed by atoms with van der Waals surface area (Å²) in [4.78, 5) is 38.7. The predicted molar refractivity (Wildman–Crippen MR) is 139 cm³/mol. The standard InChI is InChI=1S/C25H34N4O6S/c1-6-14-26-25(31)22(7-2)27(16-20-11-9-8-10-18(20)3)24(30)17-28(36(5,34)35)23-15-21(29(32)33)13-12-19(23)4/h8-13,15,22H,6-7,14,16-17H2,1-5H3,(H,26,31)/t22-/m0/s1. The molecule has 0 saturated carbocycles. The van der Waals surface area contributed by atoms with Gasteiger partial charge in [-0.3, -0.25) is 24.0 Å². The molecule has 2 aromatic carbocycles. The molecular formula is C25H34N4O6S. The van der Waals surface area contributed by atoms with E-state index < -0.39 is 33.4 Å². The van der Waals surface area contributed by atoms with Crippen LogP contribution in [0.4, 0.5) is 11.4 Å². The second kappa shape index (κ2) is 12.5. The van der Waals surface area contributed by atoms with Crippen LogP contribution in [0.5, 0.6) is 0 Å². The Morgan fingerprint density at radius 1 is 1.08 bits per heavy atom. The number of carbonyl (C=O) groups is 2. The summed E-state index contributed by atoms with van der Waals surface area (Å²) in [5.74, 6) is -0.910. The number of nitrogens with one attached hydrogen (secondary N) is 1. The van der Waals surface area contributed by atoms with E-state index in [0.29, 0.717) is 18.5 Å². The third-order valence-electron chi connectivity index (χ3n) is 5.89. The van der Waals surface area contributed by atoms with Crippen molar-refractivity contribution in [2.75, 3.05) is 23.7 Å². The molecule has 0 fully saturated rings. The summed E-state index contributed by atoms with van der Waals surface area (Å²) >= 11 is 0. The molecule has 0 aliphatic rings. The lowest BCUT2D eigenvalue weighted by Crippen LogP contribution is -2.52. The number of anilines is 1. The Kier molecular flexibility index (Phi) is 9.97. The molecule has 0 aliphatic carbocycles. The molecule has 0 aromatic heterocycles. The molecule has 11 heteroatoms. The van der Waals surface area contributed by atoms with Crippen molar-refractivity contribution in [3.63, 3.8) is 0 Å². The number of nitrogens with zero attached hydrogens (tertiary/aromatic N) is 3. The summed E-state index contributed by atoms with van der Waals surface area (Å²) in [7, 11) is -4.00. The molecule has 0 aliphatic heterocycles. The van der Waals surface area contributed by atoms with E-state index in [2.05, 4.69) is 5.32 Å². The van der Waals surface area contributed by atoms with E-state index >= 15 is 0 Å². The highest BCUT2D eigenvalue weighted by molar-refractivity contribution is 7.92. The molecular weight excluding hydrogens is 484 g/mol. The van der Waals surface area contributed by atoms with Crippen LogP contribution in [0.1, 0.15) is 43.4 Å². The quantitative estimate of drug-likeness (QED) is 0.339. The van der Waals surface area contributed by atoms with Crippen molar-refractivity contribution >= 4 is 33.2 Å². The molecule has 0 radical (unpaired) electrons. The minimum absolute atomic E-state index is 0.0411. The van der Waals surface area contributed by atoms with Crippen LogP contribution in [0.25, 0.3) is 0 Å². The molecule has 1 N–H and O–H groups in total. The van der Waals surface area contributed by atoms with Crippen molar-refractivity contribution in [2.45, 2.75) is 53.1 Å². The highest BCUT2D eigenvalue weighted by Gasteiger charge is 2.32. The fourth-order valence-electron chi connectivity index (χ4n) is 3.83. The Hall–Kier alpha value is -3.47. The van der Waals surface area contributed by atoms with E-state index in [4.69, 9.17) is 0 Å². The van der Waals surface area contributed by atoms with E-state index in [0.717, 1.165) is 34.2 Å². The Balaban J connectivity index is 2.53. The number of aryl methyl sites for hydroxylation is 2. The molecule has 0 heterocycles. The number of hydrogen-bond donors (Lipinski definition) is 1. The van der Waals surface area contributed by atoms with Crippen LogP contribution < -0.4 is 9.62 Å². The van der Waals surface area contributed by atoms with Gasteiger partial charge in [0.05, 0.1) is 16.9 Å². The van der Waals surface area contributed by atoms with Crippen molar-refractivity contribution in [1.29, 1.82) is 0 Å². The van der Waals surface area contributed by atoms with Crippen molar-refractivity contribution in [2.24, 2.45) is 0 Å². The van der Waals surface area contributed by atoms with Crippen molar-refractivity contribution in [1.82, 2.24) is 10.2 Å². The summed E-state index contributed by atoms with van der Waals surface area (Å²) in [6.07, 6.45) is 1.99. The maximum absolute atomic E-state index is 13.7. The number of carbonyl (C=O) groups excluding carboxylic acids is 2. The van der Waals surface area contributed by atoms with Gasteiger partial charge in [0.15, 0.2) is 0 Å². The Morgan fingerprint density at radius 2 is 1.75 bits per heavy atom. The lowest BCUT2D eigenvalue weighted by atomic mass is 10.1. The molecule has 0 saturated heterocycles. The van der Waals surface area contributed by atoms with Crippen LogP contribution in [0.3, 0.4) is 0 Å². The molecule has 2 amide bonds. The molecule has 2 rings (SSSR count). The van der Waals surface area contributed by atoms with Gasteiger partial charge in [-0.05, 0) is 43.4 Å². The lowest BCUT2D eigenvalue weighted by Gasteiger charge is -2.33. The molecule has 1 atom stereocenters.